The summed E-state index contributed by atoms with van der Waals surface area (Å²) in [5.74, 6) is 1.49. The summed E-state index contributed by atoms with van der Waals surface area (Å²) in [7, 11) is 0. The Hall–Kier alpha value is -0.790. The molecule has 0 heterocycles. The number of hydrogen-bond donors (Lipinski definition) is 1. The molecule has 0 saturated heterocycles. The first-order chi connectivity index (χ1) is 7.79. The summed E-state index contributed by atoms with van der Waals surface area (Å²) in [5.41, 5.74) is 1.45. The summed E-state index contributed by atoms with van der Waals surface area (Å²) < 4.78 is 0. The first-order valence-corrected chi connectivity index (χ1v) is 6.73. The lowest BCUT2D eigenvalue weighted by Crippen LogP contribution is -2.39. The molecule has 2 aliphatic carbocycles. The van der Waals surface area contributed by atoms with Crippen molar-refractivity contribution in [2.24, 2.45) is 22.7 Å². The van der Waals surface area contributed by atoms with E-state index >= 15 is 0 Å². The molecule has 1 N–H and O–H groups in total. The van der Waals surface area contributed by atoms with Crippen LogP contribution in [0.1, 0.15) is 47.0 Å². The Labute approximate surface area is 105 Å². The summed E-state index contributed by atoms with van der Waals surface area (Å²) in [4.78, 5) is 11.6. The van der Waals surface area contributed by atoms with Crippen LogP contribution in [0.15, 0.2) is 12.2 Å². The molecule has 0 aliphatic heterocycles. The molecule has 2 aliphatic rings. The molecule has 0 radical (unpaired) electrons. The van der Waals surface area contributed by atoms with E-state index in [-0.39, 0.29) is 5.91 Å². The Bertz CT molecular complexity index is 358. The van der Waals surface area contributed by atoms with Gasteiger partial charge >= 0.3 is 0 Å². The highest BCUT2D eigenvalue weighted by molar-refractivity contribution is 5.92. The third kappa shape index (κ3) is 1.73. The second-order valence-corrected chi connectivity index (χ2v) is 6.80. The van der Waals surface area contributed by atoms with Crippen LogP contribution in [0.3, 0.4) is 0 Å². The predicted octanol–water partition coefficient (Wildman–Crippen LogP) is 3.14. The van der Waals surface area contributed by atoms with E-state index in [4.69, 9.17) is 0 Å². The molecule has 3 unspecified atom stereocenters. The molecule has 0 aromatic carbocycles. The normalized spacial score (nSPS) is 38.1. The minimum atomic E-state index is 0.00850. The minimum absolute atomic E-state index is 0.00850. The lowest BCUT2D eigenvalue weighted by molar-refractivity contribution is -0.117. The van der Waals surface area contributed by atoms with E-state index in [0.29, 0.717) is 22.3 Å². The first kappa shape index (κ1) is 12.7. The molecule has 0 spiro atoms. The van der Waals surface area contributed by atoms with Gasteiger partial charge in [-0.25, -0.2) is 0 Å². The summed E-state index contributed by atoms with van der Waals surface area (Å²) in [5, 5.41) is 3.03. The summed E-state index contributed by atoms with van der Waals surface area (Å²) in [6.45, 7) is 13.5. The van der Waals surface area contributed by atoms with Gasteiger partial charge < -0.3 is 5.32 Å². The molecule has 2 heteroatoms. The van der Waals surface area contributed by atoms with Crippen molar-refractivity contribution in [2.75, 3.05) is 6.54 Å². The van der Waals surface area contributed by atoms with Crippen LogP contribution in [-0.4, -0.2) is 12.5 Å². The van der Waals surface area contributed by atoms with Crippen LogP contribution in [0.4, 0.5) is 0 Å². The number of amides is 1. The molecule has 2 rings (SSSR count). The quantitative estimate of drug-likeness (QED) is 0.748. The molecular weight excluding hydrogens is 210 g/mol. The smallest absolute Gasteiger partial charge is 0.246 e. The maximum absolute atomic E-state index is 11.6. The Morgan fingerprint density at radius 2 is 2.06 bits per heavy atom. The number of fused-ring (bicyclic) bond motifs is 2. The van der Waals surface area contributed by atoms with Gasteiger partial charge in [-0.15, -0.1) is 0 Å². The van der Waals surface area contributed by atoms with Crippen molar-refractivity contribution in [2.45, 2.75) is 47.0 Å². The SMILES string of the molecule is C=C(C)C(=O)NCC1CC2CCC1(C)C2(C)C. The van der Waals surface area contributed by atoms with E-state index in [1.165, 1.54) is 19.3 Å². The fourth-order valence-corrected chi connectivity index (χ4v) is 4.05. The van der Waals surface area contributed by atoms with E-state index < -0.39 is 0 Å². The van der Waals surface area contributed by atoms with Crippen LogP contribution in [0, 0.1) is 22.7 Å². The maximum Gasteiger partial charge on any atom is 0.246 e. The van der Waals surface area contributed by atoms with E-state index in [2.05, 4.69) is 32.7 Å². The Balaban J connectivity index is 2.01. The van der Waals surface area contributed by atoms with Crippen molar-refractivity contribution in [3.63, 3.8) is 0 Å². The third-order valence-corrected chi connectivity index (χ3v) is 5.87. The van der Waals surface area contributed by atoms with Crippen LogP contribution >= 0.6 is 0 Å². The van der Waals surface area contributed by atoms with Crippen molar-refractivity contribution in [3.05, 3.63) is 12.2 Å². The zero-order chi connectivity index (χ0) is 12.8. The monoisotopic (exact) mass is 235 g/mol. The van der Waals surface area contributed by atoms with Gasteiger partial charge in [-0.05, 0) is 48.9 Å². The average molecular weight is 235 g/mol. The van der Waals surface area contributed by atoms with Crippen molar-refractivity contribution in [1.82, 2.24) is 5.32 Å². The molecule has 17 heavy (non-hydrogen) atoms. The second-order valence-electron chi connectivity index (χ2n) is 6.80. The molecule has 2 fully saturated rings. The topological polar surface area (TPSA) is 29.1 Å². The molecule has 2 nitrogen and oxygen atoms in total. The van der Waals surface area contributed by atoms with Crippen LogP contribution in [0.25, 0.3) is 0 Å². The van der Waals surface area contributed by atoms with Gasteiger partial charge in [0.25, 0.3) is 0 Å². The molecule has 3 atom stereocenters. The van der Waals surface area contributed by atoms with Gasteiger partial charge in [0.15, 0.2) is 0 Å². The maximum atomic E-state index is 11.6. The standard InChI is InChI=1S/C15H25NO/c1-10(2)13(17)16-9-12-8-11-6-7-15(12,5)14(11,3)4/h11-12H,1,6-9H2,2-5H3,(H,16,17). The van der Waals surface area contributed by atoms with Gasteiger partial charge in [-0.1, -0.05) is 27.4 Å². The summed E-state index contributed by atoms with van der Waals surface area (Å²) in [6.07, 6.45) is 3.96. The fourth-order valence-electron chi connectivity index (χ4n) is 4.05. The molecular formula is C15H25NO. The summed E-state index contributed by atoms with van der Waals surface area (Å²) in [6, 6.07) is 0. The van der Waals surface area contributed by atoms with Crippen LogP contribution in [-0.2, 0) is 4.79 Å². The van der Waals surface area contributed by atoms with Crippen molar-refractivity contribution in [3.8, 4) is 0 Å². The van der Waals surface area contributed by atoms with E-state index in [1.807, 2.05) is 0 Å². The Morgan fingerprint density at radius 3 is 2.47 bits per heavy atom. The fraction of sp³-hybridized carbons (Fsp3) is 0.800. The van der Waals surface area contributed by atoms with Crippen molar-refractivity contribution >= 4 is 5.91 Å². The molecule has 1 amide bonds. The van der Waals surface area contributed by atoms with E-state index in [9.17, 15) is 4.79 Å². The lowest BCUT2D eigenvalue weighted by Gasteiger charge is -2.39. The Morgan fingerprint density at radius 1 is 1.41 bits per heavy atom. The van der Waals surface area contributed by atoms with Gasteiger partial charge in [-0.3, -0.25) is 4.79 Å². The van der Waals surface area contributed by atoms with Gasteiger partial charge in [0.2, 0.25) is 5.91 Å². The molecule has 2 saturated carbocycles. The van der Waals surface area contributed by atoms with Gasteiger partial charge in [0.1, 0.15) is 0 Å². The molecule has 0 aromatic rings. The molecule has 2 bridgehead atoms. The number of hydrogen-bond acceptors (Lipinski definition) is 1. The first-order valence-electron chi connectivity index (χ1n) is 6.73. The third-order valence-electron chi connectivity index (χ3n) is 5.87. The van der Waals surface area contributed by atoms with E-state index in [0.717, 1.165) is 12.5 Å². The second kappa shape index (κ2) is 3.86. The average Bonchev–Trinajstić information content (AvgIpc) is 2.57. The zero-order valence-electron chi connectivity index (χ0n) is 11.6. The number of carbonyl (C=O) groups is 1. The molecule has 96 valence electrons. The van der Waals surface area contributed by atoms with Crippen LogP contribution in [0.5, 0.6) is 0 Å². The van der Waals surface area contributed by atoms with Crippen molar-refractivity contribution < 1.29 is 4.79 Å². The number of nitrogens with one attached hydrogen (secondary N) is 1. The lowest BCUT2D eigenvalue weighted by atomic mass is 9.67. The zero-order valence-corrected chi connectivity index (χ0v) is 11.6. The highest BCUT2D eigenvalue weighted by atomic mass is 16.1. The predicted molar refractivity (Wildman–Crippen MR) is 70.5 cm³/mol. The van der Waals surface area contributed by atoms with E-state index in [1.54, 1.807) is 6.92 Å². The Kier molecular flexibility index (Phi) is 2.87. The highest BCUT2D eigenvalue weighted by Gasteiger charge is 2.60. The van der Waals surface area contributed by atoms with Crippen LogP contribution < -0.4 is 5.32 Å². The van der Waals surface area contributed by atoms with Crippen molar-refractivity contribution in [1.29, 1.82) is 0 Å². The minimum Gasteiger partial charge on any atom is -0.352 e. The van der Waals surface area contributed by atoms with Gasteiger partial charge in [0, 0.05) is 12.1 Å². The molecule has 0 aromatic heterocycles. The van der Waals surface area contributed by atoms with Gasteiger partial charge in [-0.2, -0.15) is 0 Å². The number of rotatable bonds is 3. The van der Waals surface area contributed by atoms with Crippen LogP contribution in [0.2, 0.25) is 0 Å². The largest absolute Gasteiger partial charge is 0.352 e. The summed E-state index contributed by atoms with van der Waals surface area (Å²) >= 11 is 0. The highest BCUT2D eigenvalue weighted by Crippen LogP contribution is 2.67. The number of carbonyl (C=O) groups excluding carboxylic acids is 1. The van der Waals surface area contributed by atoms with Gasteiger partial charge in [0.05, 0.1) is 0 Å².